The molecule has 0 unspecified atom stereocenters. The Hall–Kier alpha value is -3.32. The molecule has 0 saturated heterocycles. The Bertz CT molecular complexity index is 1200. The second-order valence-corrected chi connectivity index (χ2v) is 7.13. The predicted molar refractivity (Wildman–Crippen MR) is 115 cm³/mol. The van der Waals surface area contributed by atoms with Crippen molar-refractivity contribution >= 4 is 25.1 Å². The van der Waals surface area contributed by atoms with Gasteiger partial charge in [-0.25, -0.2) is 4.39 Å². The number of rotatable bonds is 2. The highest BCUT2D eigenvalue weighted by molar-refractivity contribution is 7.59. The topological polar surface area (TPSA) is 51.0 Å². The summed E-state index contributed by atoms with van der Waals surface area (Å²) >= 11 is 0. The third kappa shape index (κ3) is 4.48. The molecule has 0 radical (unpaired) electrons. The van der Waals surface area contributed by atoms with E-state index in [0.717, 1.165) is 12.1 Å². The van der Waals surface area contributed by atoms with Gasteiger partial charge in [0, 0.05) is 35.8 Å². The van der Waals surface area contributed by atoms with E-state index in [4.69, 9.17) is 0 Å². The zero-order valence-corrected chi connectivity index (χ0v) is 17.8. The highest BCUT2D eigenvalue weighted by atomic mass is 32.1. The summed E-state index contributed by atoms with van der Waals surface area (Å²) in [5, 5.41) is 4.25. The molecule has 1 atom stereocenters. The maximum atomic E-state index is 13.2. The second-order valence-electron chi connectivity index (χ2n) is 7.13. The zero-order valence-electron chi connectivity index (χ0n) is 16.8. The molecule has 1 aliphatic rings. The smallest absolute Gasteiger partial charge is 0.305 e. The molecule has 3 heterocycles. The summed E-state index contributed by atoms with van der Waals surface area (Å²) in [6.07, 6.45) is -0.0893. The van der Waals surface area contributed by atoms with E-state index in [2.05, 4.69) is 21.9 Å². The van der Waals surface area contributed by atoms with E-state index in [9.17, 15) is 22.4 Å². The first-order valence-corrected chi connectivity index (χ1v) is 9.36. The van der Waals surface area contributed by atoms with Gasteiger partial charge in [-0.15, -0.1) is 0 Å². The monoisotopic (exact) mass is 462 g/mol. The van der Waals surface area contributed by atoms with Crippen LogP contribution in [0.15, 0.2) is 48.9 Å². The van der Waals surface area contributed by atoms with E-state index in [0.29, 0.717) is 22.4 Å². The molecule has 1 amide bonds. The number of aromatic nitrogens is 3. The van der Waals surface area contributed by atoms with E-state index in [-0.39, 0.29) is 31.8 Å². The maximum absolute atomic E-state index is 13.2. The molecule has 0 spiro atoms. The fourth-order valence-electron chi connectivity index (χ4n) is 3.37. The van der Waals surface area contributed by atoms with Crippen molar-refractivity contribution in [2.45, 2.75) is 25.8 Å². The molecule has 1 aromatic carbocycles. The standard InChI is InChI=1S/C22H16F4N4O.H2S/c1-14-13-29(19-6-4-18(5-7-19)22(24,25)26)21(31)20-17(12-28-30(14)20)3-2-15-8-16(9-23)11-27-10-15;/h4-8,10-12,14H,9,13H2,1H3;1H2/t14-;/m0./s1. The highest BCUT2D eigenvalue weighted by Gasteiger charge is 2.34. The van der Waals surface area contributed by atoms with Gasteiger partial charge in [-0.3, -0.25) is 14.5 Å². The number of amides is 1. The summed E-state index contributed by atoms with van der Waals surface area (Å²) in [6, 6.07) is 5.81. The van der Waals surface area contributed by atoms with Gasteiger partial charge < -0.3 is 4.90 Å². The lowest BCUT2D eigenvalue weighted by Gasteiger charge is -2.32. The van der Waals surface area contributed by atoms with Crippen LogP contribution in [0.5, 0.6) is 0 Å². The molecule has 0 saturated carbocycles. The van der Waals surface area contributed by atoms with E-state index in [1.165, 1.54) is 35.6 Å². The highest BCUT2D eigenvalue weighted by Crippen LogP contribution is 2.32. The minimum atomic E-state index is -4.45. The van der Waals surface area contributed by atoms with Gasteiger partial charge in [0.1, 0.15) is 12.4 Å². The van der Waals surface area contributed by atoms with Crippen molar-refractivity contribution in [2.75, 3.05) is 11.4 Å². The van der Waals surface area contributed by atoms with Crippen LogP contribution >= 0.6 is 13.5 Å². The van der Waals surface area contributed by atoms with Gasteiger partial charge in [-0.2, -0.15) is 31.8 Å². The number of pyridine rings is 1. The molecular weight excluding hydrogens is 444 g/mol. The van der Waals surface area contributed by atoms with Crippen LogP contribution in [0, 0.1) is 11.8 Å². The molecular formula is C22H18F4N4OS. The summed E-state index contributed by atoms with van der Waals surface area (Å²) < 4.78 is 52.9. The first-order valence-electron chi connectivity index (χ1n) is 9.36. The van der Waals surface area contributed by atoms with E-state index < -0.39 is 24.3 Å². The van der Waals surface area contributed by atoms with Crippen molar-refractivity contribution in [3.05, 3.63) is 76.9 Å². The molecule has 0 aliphatic carbocycles. The fourth-order valence-corrected chi connectivity index (χ4v) is 3.37. The fraction of sp³-hybridized carbons (Fsp3) is 0.227. The number of benzene rings is 1. The first-order chi connectivity index (χ1) is 14.8. The Morgan fingerprint density at radius 3 is 2.50 bits per heavy atom. The average Bonchev–Trinajstić information content (AvgIpc) is 3.19. The number of carbonyl (C=O) groups is 1. The van der Waals surface area contributed by atoms with Crippen molar-refractivity contribution in [2.24, 2.45) is 0 Å². The number of hydrogen-bond donors (Lipinski definition) is 0. The van der Waals surface area contributed by atoms with Gasteiger partial charge in [0.05, 0.1) is 23.4 Å². The Morgan fingerprint density at radius 2 is 1.84 bits per heavy atom. The van der Waals surface area contributed by atoms with Gasteiger partial charge >= 0.3 is 6.18 Å². The molecule has 4 rings (SSSR count). The maximum Gasteiger partial charge on any atom is 0.416 e. The number of halogens is 4. The first kappa shape index (κ1) is 23.3. The van der Waals surface area contributed by atoms with Gasteiger partial charge in [0.15, 0.2) is 0 Å². The Balaban J connectivity index is 0.00000289. The SMILES string of the molecule is C[C@H]1CN(c2ccc(C(F)(F)F)cc2)C(=O)c2c(C#Cc3cncc(CF)c3)cnn21.S. The number of fused-ring (bicyclic) bond motifs is 1. The van der Waals surface area contributed by atoms with Crippen molar-refractivity contribution in [3.63, 3.8) is 0 Å². The summed E-state index contributed by atoms with van der Waals surface area (Å²) in [5.74, 6) is 5.33. The van der Waals surface area contributed by atoms with Gasteiger partial charge in [0.2, 0.25) is 0 Å². The molecule has 32 heavy (non-hydrogen) atoms. The van der Waals surface area contributed by atoms with Crippen molar-refractivity contribution in [1.29, 1.82) is 0 Å². The molecule has 0 N–H and O–H groups in total. The van der Waals surface area contributed by atoms with Crippen molar-refractivity contribution < 1.29 is 22.4 Å². The molecule has 166 valence electrons. The lowest BCUT2D eigenvalue weighted by atomic mass is 10.1. The third-order valence-electron chi connectivity index (χ3n) is 4.90. The summed E-state index contributed by atoms with van der Waals surface area (Å²) in [6.45, 7) is 1.45. The van der Waals surface area contributed by atoms with Crippen LogP contribution in [0.4, 0.5) is 23.2 Å². The minimum Gasteiger partial charge on any atom is -0.305 e. The van der Waals surface area contributed by atoms with Crippen LogP contribution in [-0.4, -0.2) is 27.2 Å². The summed E-state index contributed by atoms with van der Waals surface area (Å²) in [5.41, 5.74) is 1.08. The number of carbonyl (C=O) groups excluding carboxylic acids is 1. The lowest BCUT2D eigenvalue weighted by Crippen LogP contribution is -2.43. The van der Waals surface area contributed by atoms with Crippen molar-refractivity contribution in [3.8, 4) is 11.8 Å². The predicted octanol–water partition coefficient (Wildman–Crippen LogP) is 4.50. The van der Waals surface area contributed by atoms with Crippen LogP contribution in [0.3, 0.4) is 0 Å². The average molecular weight is 462 g/mol. The number of nitrogens with zero attached hydrogens (tertiary/aromatic N) is 4. The van der Waals surface area contributed by atoms with E-state index in [1.807, 2.05) is 6.92 Å². The second kappa shape index (κ2) is 9.04. The van der Waals surface area contributed by atoms with Gasteiger partial charge in [0.25, 0.3) is 5.91 Å². The summed E-state index contributed by atoms with van der Waals surface area (Å²) in [4.78, 5) is 18.5. The van der Waals surface area contributed by atoms with Gasteiger partial charge in [-0.05, 0) is 37.3 Å². The van der Waals surface area contributed by atoms with Crippen molar-refractivity contribution in [1.82, 2.24) is 14.8 Å². The molecule has 3 aromatic rings. The van der Waals surface area contributed by atoms with Crippen LogP contribution < -0.4 is 4.90 Å². The molecule has 5 nitrogen and oxygen atoms in total. The molecule has 2 aromatic heterocycles. The third-order valence-corrected chi connectivity index (χ3v) is 4.90. The minimum absolute atomic E-state index is 0. The summed E-state index contributed by atoms with van der Waals surface area (Å²) in [7, 11) is 0. The van der Waals surface area contributed by atoms with Crippen LogP contribution in [0.2, 0.25) is 0 Å². The number of hydrogen-bond acceptors (Lipinski definition) is 3. The van der Waals surface area contributed by atoms with Crippen LogP contribution in [-0.2, 0) is 12.9 Å². The largest absolute Gasteiger partial charge is 0.416 e. The molecule has 0 fully saturated rings. The number of anilines is 1. The van der Waals surface area contributed by atoms with Crippen LogP contribution in [0.25, 0.3) is 0 Å². The normalized spacial score (nSPS) is 15.5. The quantitative estimate of drug-likeness (QED) is 0.416. The molecule has 0 bridgehead atoms. The van der Waals surface area contributed by atoms with Gasteiger partial charge in [-0.1, -0.05) is 11.8 Å². The molecule has 10 heteroatoms. The Morgan fingerprint density at radius 1 is 1.12 bits per heavy atom. The molecule has 1 aliphatic heterocycles. The van der Waals surface area contributed by atoms with E-state index in [1.54, 1.807) is 10.7 Å². The zero-order chi connectivity index (χ0) is 22.2. The Kier molecular flexibility index (Phi) is 6.60. The Labute approximate surface area is 188 Å². The lowest BCUT2D eigenvalue weighted by molar-refractivity contribution is -0.137. The van der Waals surface area contributed by atoms with Crippen LogP contribution in [0.1, 0.15) is 45.7 Å². The van der Waals surface area contributed by atoms with E-state index >= 15 is 0 Å². The number of alkyl halides is 4.